The van der Waals surface area contributed by atoms with E-state index in [4.69, 9.17) is 4.74 Å². The van der Waals surface area contributed by atoms with Crippen LogP contribution in [0.1, 0.15) is 18.4 Å². The summed E-state index contributed by atoms with van der Waals surface area (Å²) in [5, 5.41) is 0. The molecule has 0 saturated carbocycles. The molecule has 1 atom stereocenters. The van der Waals surface area contributed by atoms with Gasteiger partial charge in [-0.25, -0.2) is 4.39 Å². The number of ether oxygens (including phenoxy) is 1. The number of benzene rings is 1. The van der Waals surface area contributed by atoms with Crippen molar-refractivity contribution in [3.8, 4) is 0 Å². The number of nitrogens with one attached hydrogen (secondary N) is 2. The second-order valence-corrected chi connectivity index (χ2v) is 4.34. The van der Waals surface area contributed by atoms with Gasteiger partial charge in [-0.3, -0.25) is 20.4 Å². The van der Waals surface area contributed by atoms with Gasteiger partial charge in [0.25, 0.3) is 5.91 Å². The Bertz CT molecular complexity index is 455. The maximum Gasteiger partial charge on any atom is 0.267 e. The van der Waals surface area contributed by atoms with Crippen LogP contribution < -0.4 is 10.9 Å². The molecule has 1 aromatic rings. The van der Waals surface area contributed by atoms with Crippen molar-refractivity contribution < 1.29 is 18.7 Å². The summed E-state index contributed by atoms with van der Waals surface area (Å²) in [5.74, 6) is -1.06. The Hall–Kier alpha value is -1.95. The van der Waals surface area contributed by atoms with Gasteiger partial charge in [0.15, 0.2) is 0 Å². The minimum atomic E-state index is -0.480. The summed E-state index contributed by atoms with van der Waals surface area (Å²) in [6.07, 6.45) is 1.11. The largest absolute Gasteiger partial charge is 0.368 e. The molecule has 0 unspecified atom stereocenters. The molecule has 1 fully saturated rings. The van der Waals surface area contributed by atoms with Gasteiger partial charge in [0.05, 0.1) is 6.42 Å². The predicted molar refractivity (Wildman–Crippen MR) is 65.4 cm³/mol. The number of rotatable bonds is 3. The Labute approximate surface area is 110 Å². The highest BCUT2D eigenvalue weighted by Crippen LogP contribution is 2.11. The smallest absolute Gasteiger partial charge is 0.267 e. The average Bonchev–Trinajstić information content (AvgIpc) is 2.93. The van der Waals surface area contributed by atoms with Crippen LogP contribution in [-0.4, -0.2) is 24.5 Å². The van der Waals surface area contributed by atoms with Crippen LogP contribution in [0.25, 0.3) is 0 Å². The fourth-order valence-corrected chi connectivity index (χ4v) is 1.83. The molecule has 2 N–H and O–H groups in total. The molecule has 1 heterocycles. The first-order valence-corrected chi connectivity index (χ1v) is 6.10. The van der Waals surface area contributed by atoms with Crippen molar-refractivity contribution in [2.75, 3.05) is 6.61 Å². The van der Waals surface area contributed by atoms with Gasteiger partial charge in [0, 0.05) is 6.61 Å². The minimum Gasteiger partial charge on any atom is -0.368 e. The van der Waals surface area contributed by atoms with Gasteiger partial charge in [-0.1, -0.05) is 12.1 Å². The molecule has 1 aliphatic rings. The Kier molecular flexibility index (Phi) is 4.46. The maximum absolute atomic E-state index is 12.7. The molecule has 0 bridgehead atoms. The summed E-state index contributed by atoms with van der Waals surface area (Å²) < 4.78 is 17.9. The van der Waals surface area contributed by atoms with Crippen molar-refractivity contribution in [1.29, 1.82) is 0 Å². The van der Waals surface area contributed by atoms with Crippen LogP contribution >= 0.6 is 0 Å². The molecule has 0 aromatic heterocycles. The van der Waals surface area contributed by atoms with Gasteiger partial charge in [0.1, 0.15) is 11.9 Å². The predicted octanol–water partition coefficient (Wildman–Crippen LogP) is 0.695. The average molecular weight is 266 g/mol. The zero-order valence-corrected chi connectivity index (χ0v) is 10.3. The summed E-state index contributed by atoms with van der Waals surface area (Å²) in [4.78, 5) is 23.1. The molecule has 1 aliphatic heterocycles. The first-order chi connectivity index (χ1) is 9.15. The van der Waals surface area contributed by atoms with Crippen molar-refractivity contribution in [1.82, 2.24) is 10.9 Å². The number of carbonyl (C=O) groups excluding carboxylic acids is 2. The van der Waals surface area contributed by atoms with Crippen molar-refractivity contribution in [2.24, 2.45) is 0 Å². The summed E-state index contributed by atoms with van der Waals surface area (Å²) in [6.45, 7) is 0.571. The molecule has 1 saturated heterocycles. The highest BCUT2D eigenvalue weighted by molar-refractivity contribution is 5.85. The van der Waals surface area contributed by atoms with Crippen LogP contribution in [0.15, 0.2) is 24.3 Å². The molecule has 0 aliphatic carbocycles. The van der Waals surface area contributed by atoms with Gasteiger partial charge in [-0.15, -0.1) is 0 Å². The Morgan fingerprint density at radius 1 is 1.26 bits per heavy atom. The molecule has 19 heavy (non-hydrogen) atoms. The normalized spacial score (nSPS) is 18.1. The zero-order valence-electron chi connectivity index (χ0n) is 10.3. The highest BCUT2D eigenvalue weighted by atomic mass is 19.1. The Balaban J connectivity index is 1.75. The van der Waals surface area contributed by atoms with Crippen LogP contribution in [0.4, 0.5) is 4.39 Å². The van der Waals surface area contributed by atoms with Crippen LogP contribution in [0, 0.1) is 5.82 Å². The first-order valence-electron chi connectivity index (χ1n) is 6.10. The molecule has 0 spiro atoms. The molecule has 2 rings (SSSR count). The second kappa shape index (κ2) is 6.29. The standard InChI is InChI=1S/C13H15FN2O3/c14-10-5-3-9(4-6-10)8-12(17)15-16-13(18)11-2-1-7-19-11/h3-6,11H,1-2,7-8H2,(H,15,17)(H,16,18)/t11-/m1/s1. The van der Waals surface area contributed by atoms with E-state index in [1.165, 1.54) is 24.3 Å². The van der Waals surface area contributed by atoms with E-state index in [0.29, 0.717) is 18.6 Å². The van der Waals surface area contributed by atoms with Gasteiger partial charge < -0.3 is 4.74 Å². The number of hydrazine groups is 1. The van der Waals surface area contributed by atoms with E-state index in [1.54, 1.807) is 0 Å². The molecule has 5 nitrogen and oxygen atoms in total. The third-order valence-electron chi connectivity index (χ3n) is 2.83. The lowest BCUT2D eigenvalue weighted by molar-refractivity contribution is -0.134. The lowest BCUT2D eigenvalue weighted by atomic mass is 10.1. The van der Waals surface area contributed by atoms with Crippen LogP contribution in [0.3, 0.4) is 0 Å². The molecule has 1 aromatic carbocycles. The van der Waals surface area contributed by atoms with Crippen LogP contribution in [0.2, 0.25) is 0 Å². The third-order valence-corrected chi connectivity index (χ3v) is 2.83. The Morgan fingerprint density at radius 2 is 2.00 bits per heavy atom. The summed E-state index contributed by atoms with van der Waals surface area (Å²) in [6, 6.07) is 5.62. The van der Waals surface area contributed by atoms with Crippen molar-refractivity contribution in [2.45, 2.75) is 25.4 Å². The zero-order chi connectivity index (χ0) is 13.7. The van der Waals surface area contributed by atoms with E-state index in [2.05, 4.69) is 10.9 Å². The Morgan fingerprint density at radius 3 is 2.63 bits per heavy atom. The van der Waals surface area contributed by atoms with Gasteiger partial charge in [0.2, 0.25) is 5.91 Å². The summed E-state index contributed by atoms with van der Waals surface area (Å²) in [7, 11) is 0. The van der Waals surface area contributed by atoms with Crippen molar-refractivity contribution in [3.05, 3.63) is 35.6 Å². The maximum atomic E-state index is 12.7. The quantitative estimate of drug-likeness (QED) is 0.791. The van der Waals surface area contributed by atoms with Crippen LogP contribution in [-0.2, 0) is 20.7 Å². The minimum absolute atomic E-state index is 0.0755. The van der Waals surface area contributed by atoms with E-state index in [9.17, 15) is 14.0 Å². The molecule has 0 radical (unpaired) electrons. The van der Waals surface area contributed by atoms with E-state index in [0.717, 1.165) is 6.42 Å². The van der Waals surface area contributed by atoms with E-state index < -0.39 is 6.10 Å². The van der Waals surface area contributed by atoms with Gasteiger partial charge >= 0.3 is 0 Å². The van der Waals surface area contributed by atoms with Crippen molar-refractivity contribution >= 4 is 11.8 Å². The number of halogens is 1. The third kappa shape index (κ3) is 4.03. The topological polar surface area (TPSA) is 67.4 Å². The molecule has 2 amide bonds. The van der Waals surface area contributed by atoms with E-state index in [-0.39, 0.29) is 24.1 Å². The molecule has 102 valence electrons. The van der Waals surface area contributed by atoms with Crippen LogP contribution in [0.5, 0.6) is 0 Å². The molecular weight excluding hydrogens is 251 g/mol. The monoisotopic (exact) mass is 266 g/mol. The lowest BCUT2D eigenvalue weighted by Crippen LogP contribution is -2.46. The number of amides is 2. The lowest BCUT2D eigenvalue weighted by Gasteiger charge is -2.11. The van der Waals surface area contributed by atoms with Gasteiger partial charge in [-0.2, -0.15) is 0 Å². The fourth-order valence-electron chi connectivity index (χ4n) is 1.83. The van der Waals surface area contributed by atoms with E-state index >= 15 is 0 Å². The second-order valence-electron chi connectivity index (χ2n) is 4.34. The fraction of sp³-hybridized carbons (Fsp3) is 0.385. The SMILES string of the molecule is O=C(Cc1ccc(F)cc1)NNC(=O)[C@H]1CCCO1. The number of carbonyl (C=O) groups is 2. The molecular formula is C13H15FN2O3. The van der Waals surface area contributed by atoms with E-state index in [1.807, 2.05) is 0 Å². The number of hydrogen-bond donors (Lipinski definition) is 2. The first kappa shape index (κ1) is 13.5. The van der Waals surface area contributed by atoms with Gasteiger partial charge in [-0.05, 0) is 30.5 Å². The summed E-state index contributed by atoms with van der Waals surface area (Å²) >= 11 is 0. The number of hydrogen-bond acceptors (Lipinski definition) is 3. The van der Waals surface area contributed by atoms with Crippen molar-refractivity contribution in [3.63, 3.8) is 0 Å². The summed E-state index contributed by atoms with van der Waals surface area (Å²) in [5.41, 5.74) is 5.30. The molecule has 6 heteroatoms. The highest BCUT2D eigenvalue weighted by Gasteiger charge is 2.23.